The molecule has 2 aliphatic heterocycles. The van der Waals surface area contributed by atoms with Gasteiger partial charge in [-0.05, 0) is 57.5 Å². The number of aromatic nitrogens is 2. The lowest BCUT2D eigenvalue weighted by Gasteiger charge is -2.39. The van der Waals surface area contributed by atoms with Crippen molar-refractivity contribution >= 4 is 5.96 Å². The maximum Gasteiger partial charge on any atom is 0.193 e. The zero-order valence-corrected chi connectivity index (χ0v) is 17.5. The van der Waals surface area contributed by atoms with Crippen LogP contribution in [-0.2, 0) is 0 Å². The van der Waals surface area contributed by atoms with E-state index in [-0.39, 0.29) is 0 Å². The van der Waals surface area contributed by atoms with Gasteiger partial charge in [-0.3, -0.25) is 4.99 Å². The molecule has 0 aliphatic carbocycles. The first-order valence-corrected chi connectivity index (χ1v) is 10.9. The van der Waals surface area contributed by atoms with Crippen LogP contribution >= 0.6 is 0 Å². The molecule has 0 amide bonds. The molecule has 6 nitrogen and oxygen atoms in total. The quantitative estimate of drug-likeness (QED) is 0.473. The van der Waals surface area contributed by atoms with Crippen molar-refractivity contribution in [2.45, 2.75) is 52.5 Å². The van der Waals surface area contributed by atoms with E-state index in [0.717, 1.165) is 44.5 Å². The van der Waals surface area contributed by atoms with Gasteiger partial charge in [0.25, 0.3) is 0 Å². The normalized spacial score (nSPS) is 27.7. The largest absolute Gasteiger partial charge is 0.357 e. The minimum Gasteiger partial charge on any atom is -0.357 e. The fraction of sp³-hybridized carbons (Fsp3) is 0.810. The number of rotatable bonds is 6. The number of nitrogens with zero attached hydrogens (tertiary/aromatic N) is 5. The Balaban J connectivity index is 1.53. The number of hydrogen-bond donors (Lipinski definition) is 1. The summed E-state index contributed by atoms with van der Waals surface area (Å²) in [5, 5.41) is 3.52. The Kier molecular flexibility index (Phi) is 7.56. The third-order valence-electron chi connectivity index (χ3n) is 6.10. The number of likely N-dealkylation sites (tertiary alicyclic amines) is 2. The van der Waals surface area contributed by atoms with Crippen molar-refractivity contribution in [2.24, 2.45) is 16.8 Å². The molecule has 2 saturated heterocycles. The Hall–Kier alpha value is -1.56. The van der Waals surface area contributed by atoms with Crippen molar-refractivity contribution < 1.29 is 0 Å². The van der Waals surface area contributed by atoms with Crippen LogP contribution in [0.15, 0.2) is 23.7 Å². The SMILES string of the molecule is CCNC(=NCCCN1CCCC(C)C1)N1CCC(C)C(n2ccnc2)C1. The molecule has 6 heteroatoms. The van der Waals surface area contributed by atoms with Crippen LogP contribution in [-0.4, -0.2) is 71.1 Å². The van der Waals surface area contributed by atoms with Gasteiger partial charge in [0.2, 0.25) is 0 Å². The predicted molar refractivity (Wildman–Crippen MR) is 112 cm³/mol. The molecule has 0 bridgehead atoms. The maximum atomic E-state index is 4.96. The second-order valence-electron chi connectivity index (χ2n) is 8.43. The molecular formula is C21H38N6. The van der Waals surface area contributed by atoms with Gasteiger partial charge in [-0.2, -0.15) is 0 Å². The van der Waals surface area contributed by atoms with E-state index < -0.39 is 0 Å². The summed E-state index contributed by atoms with van der Waals surface area (Å²) in [5.41, 5.74) is 0. The minimum atomic E-state index is 0.472. The van der Waals surface area contributed by atoms with E-state index in [9.17, 15) is 0 Å². The summed E-state index contributed by atoms with van der Waals surface area (Å²) in [6.07, 6.45) is 11.0. The van der Waals surface area contributed by atoms with Gasteiger partial charge in [-0.25, -0.2) is 4.98 Å². The zero-order chi connectivity index (χ0) is 19.1. The average Bonchev–Trinajstić information content (AvgIpc) is 3.19. The van der Waals surface area contributed by atoms with E-state index in [0.29, 0.717) is 12.0 Å². The van der Waals surface area contributed by atoms with E-state index in [1.165, 1.54) is 38.9 Å². The molecule has 3 heterocycles. The Morgan fingerprint density at radius 1 is 1.22 bits per heavy atom. The van der Waals surface area contributed by atoms with Crippen LogP contribution in [0.1, 0.15) is 52.5 Å². The highest BCUT2D eigenvalue weighted by Gasteiger charge is 2.28. The second-order valence-corrected chi connectivity index (χ2v) is 8.43. The summed E-state index contributed by atoms with van der Waals surface area (Å²) in [6.45, 7) is 14.5. The smallest absolute Gasteiger partial charge is 0.193 e. The molecule has 0 saturated carbocycles. The first kappa shape index (κ1) is 20.2. The highest BCUT2D eigenvalue weighted by molar-refractivity contribution is 5.80. The van der Waals surface area contributed by atoms with E-state index in [4.69, 9.17) is 4.99 Å². The van der Waals surface area contributed by atoms with Crippen molar-refractivity contribution in [3.8, 4) is 0 Å². The van der Waals surface area contributed by atoms with E-state index >= 15 is 0 Å². The van der Waals surface area contributed by atoms with Gasteiger partial charge in [0.1, 0.15) is 0 Å². The molecule has 1 aromatic heterocycles. The van der Waals surface area contributed by atoms with Crippen LogP contribution in [0.3, 0.4) is 0 Å². The number of aliphatic imine (C=N–C) groups is 1. The van der Waals surface area contributed by atoms with Crippen molar-refractivity contribution in [1.82, 2.24) is 24.7 Å². The fourth-order valence-electron chi connectivity index (χ4n) is 4.49. The van der Waals surface area contributed by atoms with Crippen molar-refractivity contribution in [3.05, 3.63) is 18.7 Å². The summed E-state index contributed by atoms with van der Waals surface area (Å²) in [7, 11) is 0. The van der Waals surface area contributed by atoms with Gasteiger partial charge in [0.05, 0.1) is 12.4 Å². The molecule has 152 valence electrons. The highest BCUT2D eigenvalue weighted by Crippen LogP contribution is 2.27. The van der Waals surface area contributed by atoms with Gasteiger partial charge in [0, 0.05) is 45.1 Å². The molecule has 27 heavy (non-hydrogen) atoms. The zero-order valence-electron chi connectivity index (χ0n) is 17.5. The molecule has 0 aromatic carbocycles. The lowest BCUT2D eigenvalue weighted by molar-refractivity contribution is 0.182. The second kappa shape index (κ2) is 10.1. The Labute approximate surface area is 165 Å². The Morgan fingerprint density at radius 3 is 2.85 bits per heavy atom. The van der Waals surface area contributed by atoms with Crippen LogP contribution in [0.5, 0.6) is 0 Å². The third kappa shape index (κ3) is 5.71. The van der Waals surface area contributed by atoms with Crippen LogP contribution in [0, 0.1) is 11.8 Å². The van der Waals surface area contributed by atoms with E-state index in [2.05, 4.69) is 51.6 Å². The summed E-state index contributed by atoms with van der Waals surface area (Å²) in [6, 6.07) is 0.472. The molecule has 3 unspecified atom stereocenters. The topological polar surface area (TPSA) is 48.7 Å². The number of piperidine rings is 2. The highest BCUT2D eigenvalue weighted by atomic mass is 15.3. The molecule has 2 fully saturated rings. The third-order valence-corrected chi connectivity index (χ3v) is 6.10. The minimum absolute atomic E-state index is 0.472. The Morgan fingerprint density at radius 2 is 2.11 bits per heavy atom. The maximum absolute atomic E-state index is 4.96. The van der Waals surface area contributed by atoms with Crippen molar-refractivity contribution in [3.63, 3.8) is 0 Å². The van der Waals surface area contributed by atoms with Crippen LogP contribution in [0.4, 0.5) is 0 Å². The first-order valence-electron chi connectivity index (χ1n) is 10.9. The van der Waals surface area contributed by atoms with Crippen molar-refractivity contribution in [2.75, 3.05) is 45.8 Å². The fourth-order valence-corrected chi connectivity index (χ4v) is 4.49. The monoisotopic (exact) mass is 374 g/mol. The molecule has 2 aliphatic rings. The number of guanidine groups is 1. The number of hydrogen-bond acceptors (Lipinski definition) is 3. The molecular weight excluding hydrogens is 336 g/mol. The molecule has 0 radical (unpaired) electrons. The van der Waals surface area contributed by atoms with Gasteiger partial charge in [-0.1, -0.05) is 13.8 Å². The molecule has 1 aromatic rings. The first-order chi connectivity index (χ1) is 13.2. The van der Waals surface area contributed by atoms with E-state index in [1.807, 2.05) is 12.5 Å². The molecule has 1 N–H and O–H groups in total. The lowest BCUT2D eigenvalue weighted by Crippen LogP contribution is -2.49. The summed E-state index contributed by atoms with van der Waals surface area (Å²) in [4.78, 5) is 14.3. The number of nitrogens with one attached hydrogen (secondary N) is 1. The summed E-state index contributed by atoms with van der Waals surface area (Å²) in [5.74, 6) is 2.61. The average molecular weight is 375 g/mol. The van der Waals surface area contributed by atoms with Gasteiger partial charge < -0.3 is 19.7 Å². The number of imidazole rings is 1. The summed E-state index contributed by atoms with van der Waals surface area (Å²) >= 11 is 0. The van der Waals surface area contributed by atoms with E-state index in [1.54, 1.807) is 0 Å². The standard InChI is InChI=1S/C21H38N6/c1-4-23-21(24-9-6-12-25-11-5-7-18(2)15-25)26-13-8-19(3)20(16-26)27-14-10-22-17-27/h10,14,17-20H,4-9,11-13,15-16H2,1-3H3,(H,23,24). The molecule has 0 spiro atoms. The molecule has 3 rings (SSSR count). The van der Waals surface area contributed by atoms with Gasteiger partial charge in [0.15, 0.2) is 5.96 Å². The van der Waals surface area contributed by atoms with Gasteiger partial charge in [-0.15, -0.1) is 0 Å². The summed E-state index contributed by atoms with van der Waals surface area (Å²) < 4.78 is 2.26. The predicted octanol–water partition coefficient (Wildman–Crippen LogP) is 2.85. The van der Waals surface area contributed by atoms with Crippen LogP contribution < -0.4 is 5.32 Å². The van der Waals surface area contributed by atoms with Crippen molar-refractivity contribution in [1.29, 1.82) is 0 Å². The lowest BCUT2D eigenvalue weighted by atomic mass is 9.93. The van der Waals surface area contributed by atoms with Gasteiger partial charge >= 0.3 is 0 Å². The van der Waals surface area contributed by atoms with Crippen LogP contribution in [0.25, 0.3) is 0 Å². The molecule has 3 atom stereocenters. The Bertz CT molecular complexity index is 569. The van der Waals surface area contributed by atoms with Crippen LogP contribution in [0.2, 0.25) is 0 Å².